The molecule has 0 atom stereocenters. The highest BCUT2D eigenvalue weighted by atomic mass is 35.5. The van der Waals surface area contributed by atoms with E-state index in [9.17, 15) is 9.18 Å². The van der Waals surface area contributed by atoms with Gasteiger partial charge in [0.25, 0.3) is 0 Å². The van der Waals surface area contributed by atoms with Gasteiger partial charge >= 0.3 is 0 Å². The number of halogens is 2. The van der Waals surface area contributed by atoms with Gasteiger partial charge in [0.15, 0.2) is 0 Å². The lowest BCUT2D eigenvalue weighted by molar-refractivity contribution is -0.116. The summed E-state index contributed by atoms with van der Waals surface area (Å²) in [6, 6.07) is 11.0. The van der Waals surface area contributed by atoms with Crippen molar-refractivity contribution >= 4 is 28.9 Å². The molecule has 2 rings (SSSR count). The third kappa shape index (κ3) is 5.14. The standard InChI is InChI=1S/C17H18ClFN2O2/c1-21(2)16-8-3-12(18)11-15(16)20-17(22)9-10-23-14-6-4-13(19)5-7-14/h3-8,11H,9-10H2,1-2H3,(H,20,22). The van der Waals surface area contributed by atoms with Crippen molar-refractivity contribution in [2.24, 2.45) is 0 Å². The highest BCUT2D eigenvalue weighted by molar-refractivity contribution is 6.31. The van der Waals surface area contributed by atoms with Crippen molar-refractivity contribution in [2.75, 3.05) is 30.9 Å². The van der Waals surface area contributed by atoms with E-state index in [2.05, 4.69) is 5.32 Å². The monoisotopic (exact) mass is 336 g/mol. The SMILES string of the molecule is CN(C)c1ccc(Cl)cc1NC(=O)CCOc1ccc(F)cc1. The molecule has 0 unspecified atom stereocenters. The number of carbonyl (C=O) groups excluding carboxylic acids is 1. The van der Waals surface area contributed by atoms with Crippen LogP contribution >= 0.6 is 11.6 Å². The molecule has 0 aromatic heterocycles. The van der Waals surface area contributed by atoms with Gasteiger partial charge in [0.1, 0.15) is 11.6 Å². The zero-order chi connectivity index (χ0) is 16.8. The molecule has 1 amide bonds. The van der Waals surface area contributed by atoms with Crippen LogP contribution in [0.1, 0.15) is 6.42 Å². The molecule has 0 radical (unpaired) electrons. The number of nitrogens with one attached hydrogen (secondary N) is 1. The number of hydrogen-bond acceptors (Lipinski definition) is 3. The van der Waals surface area contributed by atoms with Crippen molar-refractivity contribution in [1.82, 2.24) is 0 Å². The van der Waals surface area contributed by atoms with Crippen molar-refractivity contribution in [2.45, 2.75) is 6.42 Å². The summed E-state index contributed by atoms with van der Waals surface area (Å²) < 4.78 is 18.2. The van der Waals surface area contributed by atoms with Crippen LogP contribution in [0.5, 0.6) is 5.75 Å². The fourth-order valence-electron chi connectivity index (χ4n) is 2.00. The normalized spacial score (nSPS) is 10.3. The van der Waals surface area contributed by atoms with Crippen molar-refractivity contribution in [3.8, 4) is 5.75 Å². The maximum absolute atomic E-state index is 12.8. The molecule has 6 heteroatoms. The van der Waals surface area contributed by atoms with Crippen LogP contribution in [0.3, 0.4) is 0 Å². The summed E-state index contributed by atoms with van der Waals surface area (Å²) in [7, 11) is 3.77. The van der Waals surface area contributed by atoms with Crippen LogP contribution in [0.4, 0.5) is 15.8 Å². The summed E-state index contributed by atoms with van der Waals surface area (Å²) in [4.78, 5) is 13.9. The molecule has 2 aromatic carbocycles. The maximum atomic E-state index is 12.8. The molecule has 0 spiro atoms. The second-order valence-electron chi connectivity index (χ2n) is 5.16. The first-order valence-electron chi connectivity index (χ1n) is 7.11. The molecule has 0 aliphatic rings. The fourth-order valence-corrected chi connectivity index (χ4v) is 2.18. The van der Waals surface area contributed by atoms with Crippen LogP contribution < -0.4 is 15.0 Å². The van der Waals surface area contributed by atoms with E-state index in [-0.39, 0.29) is 24.8 Å². The average molecular weight is 337 g/mol. The van der Waals surface area contributed by atoms with Crippen LogP contribution in [-0.4, -0.2) is 26.6 Å². The van der Waals surface area contributed by atoms with E-state index in [1.165, 1.54) is 24.3 Å². The van der Waals surface area contributed by atoms with Gasteiger partial charge in [-0.15, -0.1) is 0 Å². The number of carbonyl (C=O) groups is 1. The van der Waals surface area contributed by atoms with Gasteiger partial charge in [0.2, 0.25) is 5.91 Å². The highest BCUT2D eigenvalue weighted by Gasteiger charge is 2.09. The Labute approximate surface area is 139 Å². The van der Waals surface area contributed by atoms with E-state index in [1.54, 1.807) is 12.1 Å². The predicted octanol–water partition coefficient (Wildman–Crippen LogP) is 3.95. The number of ether oxygens (including phenoxy) is 1. The molecule has 1 N–H and O–H groups in total. The lowest BCUT2D eigenvalue weighted by atomic mass is 10.2. The summed E-state index contributed by atoms with van der Waals surface area (Å²) in [5.41, 5.74) is 1.51. The zero-order valence-corrected chi connectivity index (χ0v) is 13.7. The van der Waals surface area contributed by atoms with Crippen molar-refractivity contribution in [3.05, 3.63) is 53.3 Å². The quantitative estimate of drug-likeness (QED) is 0.868. The molecule has 0 aliphatic heterocycles. The van der Waals surface area contributed by atoms with E-state index in [0.29, 0.717) is 16.5 Å². The lowest BCUT2D eigenvalue weighted by Crippen LogP contribution is -2.18. The second-order valence-corrected chi connectivity index (χ2v) is 5.59. The molecule has 0 aliphatic carbocycles. The molecular formula is C17H18ClFN2O2. The number of nitrogens with zero attached hydrogens (tertiary/aromatic N) is 1. The Morgan fingerprint density at radius 3 is 2.57 bits per heavy atom. The third-order valence-electron chi connectivity index (χ3n) is 3.13. The van der Waals surface area contributed by atoms with Crippen molar-refractivity contribution in [3.63, 3.8) is 0 Å². The number of hydrogen-bond donors (Lipinski definition) is 1. The minimum absolute atomic E-state index is 0.177. The Balaban J connectivity index is 1.90. The molecule has 0 saturated carbocycles. The Kier molecular flexibility index (Phi) is 5.82. The molecule has 2 aromatic rings. The van der Waals surface area contributed by atoms with Crippen LogP contribution in [-0.2, 0) is 4.79 Å². The van der Waals surface area contributed by atoms with E-state index in [4.69, 9.17) is 16.3 Å². The van der Waals surface area contributed by atoms with E-state index >= 15 is 0 Å². The predicted molar refractivity (Wildman–Crippen MR) is 90.9 cm³/mol. The molecule has 0 bridgehead atoms. The number of amides is 1. The first-order chi connectivity index (χ1) is 11.0. The van der Waals surface area contributed by atoms with Gasteiger partial charge in [-0.2, -0.15) is 0 Å². The average Bonchev–Trinajstić information content (AvgIpc) is 2.49. The molecule has 0 heterocycles. The van der Waals surface area contributed by atoms with Crippen LogP contribution in [0.15, 0.2) is 42.5 Å². The van der Waals surface area contributed by atoms with Crippen LogP contribution in [0.2, 0.25) is 5.02 Å². The van der Waals surface area contributed by atoms with Crippen LogP contribution in [0, 0.1) is 5.82 Å². The summed E-state index contributed by atoms with van der Waals surface area (Å²) in [5, 5.41) is 3.37. The molecule has 0 saturated heterocycles. The van der Waals surface area contributed by atoms with Gasteiger partial charge < -0.3 is 15.0 Å². The summed E-state index contributed by atoms with van der Waals surface area (Å²) >= 11 is 5.98. The topological polar surface area (TPSA) is 41.6 Å². The maximum Gasteiger partial charge on any atom is 0.227 e. The molecular weight excluding hydrogens is 319 g/mol. The largest absolute Gasteiger partial charge is 0.493 e. The Morgan fingerprint density at radius 2 is 1.91 bits per heavy atom. The van der Waals surface area contributed by atoms with Crippen molar-refractivity contribution < 1.29 is 13.9 Å². The first-order valence-corrected chi connectivity index (χ1v) is 7.48. The molecule has 122 valence electrons. The number of rotatable bonds is 6. The fraction of sp³-hybridized carbons (Fsp3) is 0.235. The van der Waals surface area contributed by atoms with E-state index in [1.807, 2.05) is 25.1 Å². The van der Waals surface area contributed by atoms with Gasteiger partial charge in [0, 0.05) is 19.1 Å². The van der Waals surface area contributed by atoms with Gasteiger partial charge in [-0.3, -0.25) is 4.79 Å². The van der Waals surface area contributed by atoms with Gasteiger partial charge in [-0.05, 0) is 42.5 Å². The summed E-state index contributed by atoms with van der Waals surface area (Å²) in [6.45, 7) is 0.204. The molecule has 23 heavy (non-hydrogen) atoms. The summed E-state index contributed by atoms with van der Waals surface area (Å²) in [6.07, 6.45) is 0.177. The minimum Gasteiger partial charge on any atom is -0.493 e. The zero-order valence-electron chi connectivity index (χ0n) is 13.0. The first kappa shape index (κ1) is 17.1. The van der Waals surface area contributed by atoms with Crippen LogP contribution in [0.25, 0.3) is 0 Å². The number of anilines is 2. The van der Waals surface area contributed by atoms with Crippen molar-refractivity contribution in [1.29, 1.82) is 0 Å². The summed E-state index contributed by atoms with van der Waals surface area (Å²) in [5.74, 6) is 0.0145. The lowest BCUT2D eigenvalue weighted by Gasteiger charge is -2.18. The minimum atomic E-state index is -0.327. The highest BCUT2D eigenvalue weighted by Crippen LogP contribution is 2.27. The smallest absolute Gasteiger partial charge is 0.227 e. The Morgan fingerprint density at radius 1 is 1.22 bits per heavy atom. The molecule has 0 fully saturated rings. The molecule has 4 nitrogen and oxygen atoms in total. The second kappa shape index (κ2) is 7.83. The number of benzene rings is 2. The van der Waals surface area contributed by atoms with E-state index in [0.717, 1.165) is 5.69 Å². The van der Waals surface area contributed by atoms with Gasteiger partial charge in [-0.1, -0.05) is 11.6 Å². The third-order valence-corrected chi connectivity index (χ3v) is 3.36. The van der Waals surface area contributed by atoms with Gasteiger partial charge in [0.05, 0.1) is 24.4 Å². The Hall–Kier alpha value is -2.27. The van der Waals surface area contributed by atoms with Gasteiger partial charge in [-0.25, -0.2) is 4.39 Å². The Bertz CT molecular complexity index is 675. The van der Waals surface area contributed by atoms with E-state index < -0.39 is 0 Å².